The van der Waals surface area contributed by atoms with Gasteiger partial charge in [0.05, 0.1) is 24.6 Å². The number of methoxy groups -OCH3 is 1. The molecule has 0 radical (unpaired) electrons. The van der Waals surface area contributed by atoms with E-state index < -0.39 is 0 Å². The molecule has 0 bridgehead atoms. The predicted molar refractivity (Wildman–Crippen MR) is 77.3 cm³/mol. The van der Waals surface area contributed by atoms with Gasteiger partial charge in [0.2, 0.25) is 0 Å². The maximum absolute atomic E-state index is 11.8. The van der Waals surface area contributed by atoms with Gasteiger partial charge < -0.3 is 10.5 Å². The lowest BCUT2D eigenvalue weighted by atomic mass is 9.91. The van der Waals surface area contributed by atoms with Gasteiger partial charge in [-0.2, -0.15) is 0 Å². The molecule has 0 aliphatic heterocycles. The average molecular weight is 280 g/mol. The second kappa shape index (κ2) is 6.28. The van der Waals surface area contributed by atoms with E-state index in [4.69, 9.17) is 10.5 Å². The second-order valence-electron chi connectivity index (χ2n) is 5.12. The minimum atomic E-state index is -0.369. The fraction of sp³-hybridized carbons (Fsp3) is 0.571. The van der Waals surface area contributed by atoms with Crippen molar-refractivity contribution in [2.24, 2.45) is 5.92 Å². The lowest BCUT2D eigenvalue weighted by Gasteiger charge is -2.26. The molecule has 0 aromatic carbocycles. The summed E-state index contributed by atoms with van der Waals surface area (Å²) in [6.07, 6.45) is 6.51. The lowest BCUT2D eigenvalue weighted by Crippen LogP contribution is -2.16. The van der Waals surface area contributed by atoms with E-state index in [1.165, 1.54) is 32.8 Å². The van der Waals surface area contributed by atoms with Crippen LogP contribution in [0.2, 0.25) is 0 Å². The molecule has 2 unspecified atom stereocenters. The average Bonchev–Trinajstić information content (AvgIpc) is 2.40. The number of thioether (sulfide) groups is 1. The number of esters is 1. The zero-order chi connectivity index (χ0) is 13.8. The van der Waals surface area contributed by atoms with Crippen LogP contribution >= 0.6 is 11.8 Å². The van der Waals surface area contributed by atoms with E-state index >= 15 is 0 Å². The molecule has 0 spiro atoms. The van der Waals surface area contributed by atoms with Gasteiger partial charge in [-0.1, -0.05) is 19.8 Å². The molecule has 0 saturated heterocycles. The van der Waals surface area contributed by atoms with Crippen LogP contribution in [0.3, 0.4) is 0 Å². The van der Waals surface area contributed by atoms with Gasteiger partial charge in [0, 0.05) is 5.25 Å². The van der Waals surface area contributed by atoms with Crippen LogP contribution in [0.4, 0.5) is 5.69 Å². The molecule has 2 rings (SSSR count). The number of nitrogens with two attached hydrogens (primary N) is 1. The van der Waals surface area contributed by atoms with Crippen molar-refractivity contribution >= 4 is 23.4 Å². The number of hydrogen-bond acceptors (Lipinski definition) is 5. The topological polar surface area (TPSA) is 65.2 Å². The van der Waals surface area contributed by atoms with Gasteiger partial charge in [-0.25, -0.2) is 9.78 Å². The Morgan fingerprint density at radius 3 is 3.00 bits per heavy atom. The summed E-state index contributed by atoms with van der Waals surface area (Å²) in [6.45, 7) is 2.28. The maximum atomic E-state index is 11.8. The van der Waals surface area contributed by atoms with Crippen LogP contribution in [0.1, 0.15) is 43.0 Å². The number of ether oxygens (including phenoxy) is 1. The zero-order valence-corrected chi connectivity index (χ0v) is 12.2. The summed E-state index contributed by atoms with van der Waals surface area (Å²) >= 11 is 1.68. The van der Waals surface area contributed by atoms with Crippen molar-refractivity contribution in [3.63, 3.8) is 0 Å². The largest absolute Gasteiger partial charge is 0.465 e. The van der Waals surface area contributed by atoms with E-state index in [2.05, 4.69) is 11.9 Å². The van der Waals surface area contributed by atoms with Crippen LogP contribution in [-0.2, 0) is 4.74 Å². The molecule has 2 N–H and O–H groups in total. The minimum Gasteiger partial charge on any atom is -0.465 e. The quantitative estimate of drug-likeness (QED) is 0.862. The van der Waals surface area contributed by atoms with Crippen LogP contribution in [0.5, 0.6) is 0 Å². The van der Waals surface area contributed by atoms with Gasteiger partial charge in [0.1, 0.15) is 5.03 Å². The smallest absolute Gasteiger partial charge is 0.340 e. The van der Waals surface area contributed by atoms with Crippen LogP contribution < -0.4 is 5.73 Å². The number of carbonyl (C=O) groups is 1. The summed E-state index contributed by atoms with van der Waals surface area (Å²) in [6, 6.07) is 1.65. The van der Waals surface area contributed by atoms with Gasteiger partial charge in [0.15, 0.2) is 0 Å². The number of aromatic nitrogens is 1. The van der Waals surface area contributed by atoms with Gasteiger partial charge in [-0.3, -0.25) is 0 Å². The Balaban J connectivity index is 2.17. The maximum Gasteiger partial charge on any atom is 0.340 e. The Labute approximate surface area is 118 Å². The molecule has 1 fully saturated rings. The van der Waals surface area contributed by atoms with Crippen LogP contribution in [0, 0.1) is 5.92 Å². The first-order valence-electron chi connectivity index (χ1n) is 6.60. The highest BCUT2D eigenvalue weighted by molar-refractivity contribution is 7.99. The number of carbonyl (C=O) groups excluding carboxylic acids is 1. The normalized spacial score (nSPS) is 23.1. The van der Waals surface area contributed by atoms with E-state index in [1.54, 1.807) is 24.0 Å². The molecule has 1 aromatic heterocycles. The molecule has 104 valence electrons. The second-order valence-corrected chi connectivity index (χ2v) is 6.41. The van der Waals surface area contributed by atoms with Crippen molar-refractivity contribution in [3.05, 3.63) is 17.8 Å². The Morgan fingerprint density at radius 1 is 1.53 bits per heavy atom. The molecule has 1 aromatic rings. The van der Waals surface area contributed by atoms with Crippen molar-refractivity contribution in [1.82, 2.24) is 4.98 Å². The van der Waals surface area contributed by atoms with Crippen molar-refractivity contribution in [2.75, 3.05) is 12.8 Å². The van der Waals surface area contributed by atoms with Gasteiger partial charge in [-0.05, 0) is 24.8 Å². The zero-order valence-electron chi connectivity index (χ0n) is 11.4. The van der Waals surface area contributed by atoms with E-state index in [0.717, 1.165) is 10.9 Å². The number of nitrogens with zero attached hydrogens (tertiary/aromatic N) is 1. The molecule has 2 atom stereocenters. The standard InChI is InChI=1S/C14H20N2O2S/c1-9-4-3-5-11(6-9)19-13-12(14(17)18-2)7-10(15)8-16-13/h7-9,11H,3-6,15H2,1-2H3. The Morgan fingerprint density at radius 2 is 2.32 bits per heavy atom. The Hall–Kier alpha value is -1.23. The molecule has 5 heteroatoms. The summed E-state index contributed by atoms with van der Waals surface area (Å²) in [5, 5.41) is 1.27. The molecule has 4 nitrogen and oxygen atoms in total. The molecular weight excluding hydrogens is 260 g/mol. The third kappa shape index (κ3) is 3.62. The van der Waals surface area contributed by atoms with Gasteiger partial charge in [0.25, 0.3) is 0 Å². The molecule has 0 amide bonds. The van der Waals surface area contributed by atoms with Crippen molar-refractivity contribution in [3.8, 4) is 0 Å². The summed E-state index contributed by atoms with van der Waals surface area (Å²) in [7, 11) is 1.38. The lowest BCUT2D eigenvalue weighted by molar-refractivity contribution is 0.0596. The molecule has 19 heavy (non-hydrogen) atoms. The highest BCUT2D eigenvalue weighted by Gasteiger charge is 2.23. The number of nitrogen functional groups attached to an aromatic ring is 1. The first-order valence-corrected chi connectivity index (χ1v) is 7.48. The number of anilines is 1. The van der Waals surface area contributed by atoms with Crippen LogP contribution in [0.15, 0.2) is 17.3 Å². The monoisotopic (exact) mass is 280 g/mol. The van der Waals surface area contributed by atoms with Crippen molar-refractivity contribution in [1.29, 1.82) is 0 Å². The number of hydrogen-bond donors (Lipinski definition) is 1. The summed E-state index contributed by atoms with van der Waals surface area (Å²) in [4.78, 5) is 16.1. The SMILES string of the molecule is COC(=O)c1cc(N)cnc1SC1CCCC(C)C1. The Bertz CT molecular complexity index is 465. The third-order valence-corrected chi connectivity index (χ3v) is 4.75. The van der Waals surface area contributed by atoms with E-state index in [1.807, 2.05) is 0 Å². The van der Waals surface area contributed by atoms with E-state index in [-0.39, 0.29) is 5.97 Å². The van der Waals surface area contributed by atoms with E-state index in [0.29, 0.717) is 16.5 Å². The van der Waals surface area contributed by atoms with E-state index in [9.17, 15) is 4.79 Å². The van der Waals surface area contributed by atoms with Gasteiger partial charge in [-0.15, -0.1) is 11.8 Å². The first-order chi connectivity index (χ1) is 9.10. The summed E-state index contributed by atoms with van der Waals surface area (Å²) in [5.74, 6) is 0.382. The Kier molecular flexibility index (Phi) is 4.69. The molecule has 1 saturated carbocycles. The minimum absolute atomic E-state index is 0.369. The van der Waals surface area contributed by atoms with Crippen LogP contribution in [-0.4, -0.2) is 23.3 Å². The molecular formula is C14H20N2O2S. The van der Waals surface area contributed by atoms with Crippen molar-refractivity contribution in [2.45, 2.75) is 42.9 Å². The fourth-order valence-electron chi connectivity index (χ4n) is 2.46. The molecule has 1 aliphatic carbocycles. The van der Waals surface area contributed by atoms with Crippen LogP contribution in [0.25, 0.3) is 0 Å². The number of pyridine rings is 1. The molecule has 1 heterocycles. The summed E-state index contributed by atoms with van der Waals surface area (Å²) < 4.78 is 4.79. The fourth-order valence-corrected chi connectivity index (χ4v) is 3.87. The molecule has 1 aliphatic rings. The summed E-state index contributed by atoms with van der Waals surface area (Å²) in [5.41, 5.74) is 6.66. The third-order valence-electron chi connectivity index (χ3n) is 3.44. The predicted octanol–water partition coefficient (Wildman–Crippen LogP) is 3.12. The highest BCUT2D eigenvalue weighted by atomic mass is 32.2. The van der Waals surface area contributed by atoms with Crippen molar-refractivity contribution < 1.29 is 9.53 Å². The van der Waals surface area contributed by atoms with Gasteiger partial charge >= 0.3 is 5.97 Å². The first kappa shape index (κ1) is 14.2. The highest BCUT2D eigenvalue weighted by Crippen LogP contribution is 2.36. The number of rotatable bonds is 3.